The molecule has 96 valence electrons. The number of nitrogens with zero attached hydrogens (tertiary/aromatic N) is 2. The van der Waals surface area contributed by atoms with Crippen molar-refractivity contribution in [2.75, 3.05) is 0 Å². The molecule has 19 heavy (non-hydrogen) atoms. The molecule has 0 saturated carbocycles. The Balaban J connectivity index is 2.35. The molecule has 2 aromatic carbocycles. The van der Waals surface area contributed by atoms with E-state index in [9.17, 15) is 10.1 Å². The molecule has 0 unspecified atom stereocenters. The summed E-state index contributed by atoms with van der Waals surface area (Å²) in [6, 6.07) is 11.6. The van der Waals surface area contributed by atoms with Crippen molar-refractivity contribution in [1.29, 1.82) is 0 Å². The van der Waals surface area contributed by atoms with Crippen LogP contribution in [-0.4, -0.2) is 11.1 Å². The lowest BCUT2D eigenvalue weighted by Gasteiger charge is -1.99. The van der Waals surface area contributed by atoms with Gasteiger partial charge in [0, 0.05) is 21.8 Å². The van der Waals surface area contributed by atoms with Crippen LogP contribution in [0.15, 0.2) is 51.9 Å². The molecule has 2 aromatic rings. The van der Waals surface area contributed by atoms with E-state index < -0.39 is 4.92 Å². The van der Waals surface area contributed by atoms with Crippen LogP contribution < -0.4 is 0 Å². The molecular weight excluding hydrogens is 332 g/mol. The molecule has 6 heteroatoms. The second-order valence-corrected chi connectivity index (χ2v) is 4.96. The number of aliphatic imine (C=N–C) groups is 1. The van der Waals surface area contributed by atoms with Crippen molar-refractivity contribution in [2.45, 2.75) is 0 Å². The number of hydrogen-bond donors (Lipinski definition) is 0. The molecule has 0 amide bonds. The van der Waals surface area contributed by atoms with Gasteiger partial charge in [-0.1, -0.05) is 23.7 Å². The van der Waals surface area contributed by atoms with Crippen LogP contribution >= 0.6 is 27.5 Å². The molecule has 0 atom stereocenters. The zero-order valence-corrected chi connectivity index (χ0v) is 11.9. The Morgan fingerprint density at radius 1 is 1.26 bits per heavy atom. The van der Waals surface area contributed by atoms with E-state index in [0.717, 1.165) is 4.47 Å². The fourth-order valence-corrected chi connectivity index (χ4v) is 2.27. The highest BCUT2D eigenvalue weighted by Crippen LogP contribution is 2.28. The van der Waals surface area contributed by atoms with Crippen molar-refractivity contribution in [3.63, 3.8) is 0 Å². The van der Waals surface area contributed by atoms with Crippen molar-refractivity contribution in [1.82, 2.24) is 0 Å². The molecule has 0 spiro atoms. The normalized spacial score (nSPS) is 10.8. The summed E-state index contributed by atoms with van der Waals surface area (Å²) in [5.74, 6) is 0. The lowest BCUT2D eigenvalue weighted by molar-refractivity contribution is -0.385. The van der Waals surface area contributed by atoms with E-state index in [1.165, 1.54) is 12.3 Å². The Morgan fingerprint density at radius 3 is 2.68 bits per heavy atom. The van der Waals surface area contributed by atoms with Crippen LogP contribution in [0.4, 0.5) is 11.4 Å². The summed E-state index contributed by atoms with van der Waals surface area (Å²) in [5, 5.41) is 11.5. The molecule has 0 heterocycles. The van der Waals surface area contributed by atoms with Crippen LogP contribution in [0.25, 0.3) is 0 Å². The van der Waals surface area contributed by atoms with Gasteiger partial charge in [-0.25, -0.2) is 0 Å². The minimum absolute atomic E-state index is 0.0244. The van der Waals surface area contributed by atoms with E-state index >= 15 is 0 Å². The quantitative estimate of drug-likeness (QED) is 0.460. The first-order valence-electron chi connectivity index (χ1n) is 5.30. The average Bonchev–Trinajstić information content (AvgIpc) is 2.38. The van der Waals surface area contributed by atoms with Gasteiger partial charge in [-0.3, -0.25) is 15.1 Å². The highest BCUT2D eigenvalue weighted by atomic mass is 79.9. The van der Waals surface area contributed by atoms with Gasteiger partial charge < -0.3 is 0 Å². The van der Waals surface area contributed by atoms with E-state index in [0.29, 0.717) is 16.3 Å². The van der Waals surface area contributed by atoms with Gasteiger partial charge in [0.25, 0.3) is 5.69 Å². The van der Waals surface area contributed by atoms with Gasteiger partial charge in [-0.15, -0.1) is 0 Å². The second-order valence-electron chi connectivity index (χ2n) is 3.67. The number of nitro groups is 1. The lowest BCUT2D eigenvalue weighted by Crippen LogP contribution is -1.93. The molecule has 0 N–H and O–H groups in total. The van der Waals surface area contributed by atoms with Gasteiger partial charge in [-0.2, -0.15) is 0 Å². The second kappa shape index (κ2) is 5.95. The first-order valence-corrected chi connectivity index (χ1v) is 6.47. The maximum absolute atomic E-state index is 10.9. The molecule has 0 aliphatic heterocycles. The summed E-state index contributed by atoms with van der Waals surface area (Å²) in [5.41, 5.74) is 1.13. The minimum Gasteiger partial charge on any atom is -0.258 e. The Kier molecular flexibility index (Phi) is 4.29. The lowest BCUT2D eigenvalue weighted by atomic mass is 10.2. The fourth-order valence-electron chi connectivity index (χ4n) is 1.49. The zero-order valence-electron chi connectivity index (χ0n) is 9.59. The molecule has 4 nitrogen and oxygen atoms in total. The Hall–Kier alpha value is -1.72. The van der Waals surface area contributed by atoms with E-state index in [1.807, 2.05) is 0 Å². The Morgan fingerprint density at radius 2 is 2.00 bits per heavy atom. The predicted molar refractivity (Wildman–Crippen MR) is 79.5 cm³/mol. The van der Waals surface area contributed by atoms with Gasteiger partial charge in [-0.05, 0) is 40.2 Å². The summed E-state index contributed by atoms with van der Waals surface area (Å²) in [6.45, 7) is 0. The fraction of sp³-hybridized carbons (Fsp3) is 0. The number of para-hydroxylation sites is 1. The molecule has 0 fully saturated rings. The van der Waals surface area contributed by atoms with Crippen molar-refractivity contribution < 1.29 is 4.92 Å². The summed E-state index contributed by atoms with van der Waals surface area (Å²) in [6.07, 6.45) is 1.46. The van der Waals surface area contributed by atoms with Crippen LogP contribution in [0.3, 0.4) is 0 Å². The van der Waals surface area contributed by atoms with Crippen LogP contribution in [0.1, 0.15) is 5.56 Å². The van der Waals surface area contributed by atoms with Crippen LogP contribution in [0, 0.1) is 10.1 Å². The molecular formula is C13H8BrClN2O2. The molecule has 0 aliphatic carbocycles. The van der Waals surface area contributed by atoms with Gasteiger partial charge in [0.05, 0.1) is 16.2 Å². The van der Waals surface area contributed by atoms with Crippen molar-refractivity contribution >= 4 is 45.1 Å². The number of rotatable bonds is 3. The predicted octanol–water partition coefficient (Wildman–Crippen LogP) is 4.76. The van der Waals surface area contributed by atoms with Gasteiger partial charge in [0.1, 0.15) is 0 Å². The average molecular weight is 340 g/mol. The first-order chi connectivity index (χ1) is 9.08. The monoisotopic (exact) mass is 338 g/mol. The van der Waals surface area contributed by atoms with E-state index in [-0.39, 0.29) is 5.69 Å². The van der Waals surface area contributed by atoms with Gasteiger partial charge in [0.15, 0.2) is 0 Å². The van der Waals surface area contributed by atoms with Crippen LogP contribution in [0.5, 0.6) is 0 Å². The maximum atomic E-state index is 10.9. The number of benzene rings is 2. The molecule has 0 bridgehead atoms. The van der Waals surface area contributed by atoms with Crippen LogP contribution in [0.2, 0.25) is 5.02 Å². The van der Waals surface area contributed by atoms with Crippen LogP contribution in [-0.2, 0) is 0 Å². The van der Waals surface area contributed by atoms with Crippen molar-refractivity contribution in [3.05, 3.63) is 67.6 Å². The molecule has 2 rings (SSSR count). The summed E-state index contributed by atoms with van der Waals surface area (Å²) >= 11 is 9.17. The third-order valence-electron chi connectivity index (χ3n) is 2.39. The smallest absolute Gasteiger partial charge is 0.258 e. The summed E-state index contributed by atoms with van der Waals surface area (Å²) in [7, 11) is 0. The number of halogens is 2. The summed E-state index contributed by atoms with van der Waals surface area (Å²) < 4.78 is 0.731. The largest absolute Gasteiger partial charge is 0.278 e. The number of hydrogen-bond acceptors (Lipinski definition) is 3. The van der Waals surface area contributed by atoms with Gasteiger partial charge in [0.2, 0.25) is 0 Å². The topological polar surface area (TPSA) is 55.5 Å². The highest BCUT2D eigenvalue weighted by molar-refractivity contribution is 9.10. The standard InChI is InChI=1S/C13H8BrClN2O2/c14-11-7-10(15)5-6-12(11)16-8-9-3-1-2-4-13(9)17(18)19/h1-8H. The van der Waals surface area contributed by atoms with E-state index in [1.54, 1.807) is 36.4 Å². The molecule has 0 radical (unpaired) electrons. The third-order valence-corrected chi connectivity index (χ3v) is 3.26. The Bertz CT molecular complexity index is 659. The SMILES string of the molecule is O=[N+]([O-])c1ccccc1C=Nc1ccc(Cl)cc1Br. The summed E-state index contributed by atoms with van der Waals surface area (Å²) in [4.78, 5) is 14.7. The van der Waals surface area contributed by atoms with Crippen molar-refractivity contribution in [3.8, 4) is 0 Å². The molecule has 0 saturated heterocycles. The Labute approximate surface area is 123 Å². The molecule has 0 aliphatic rings. The third kappa shape index (κ3) is 3.39. The molecule has 0 aromatic heterocycles. The minimum atomic E-state index is -0.432. The van der Waals surface area contributed by atoms with Crippen molar-refractivity contribution in [2.24, 2.45) is 4.99 Å². The van der Waals surface area contributed by atoms with Gasteiger partial charge >= 0.3 is 0 Å². The highest BCUT2D eigenvalue weighted by Gasteiger charge is 2.10. The maximum Gasteiger partial charge on any atom is 0.278 e. The number of nitro benzene ring substituents is 1. The van der Waals surface area contributed by atoms with E-state index in [4.69, 9.17) is 11.6 Å². The zero-order chi connectivity index (χ0) is 13.8. The first kappa shape index (κ1) is 13.7. The van der Waals surface area contributed by atoms with E-state index in [2.05, 4.69) is 20.9 Å².